The Bertz CT molecular complexity index is 387. The lowest BCUT2D eigenvalue weighted by Crippen LogP contribution is -2.52. The Kier molecular flexibility index (Phi) is 10.1. The highest BCUT2D eigenvalue weighted by atomic mass is 16.4. The van der Waals surface area contributed by atoms with Crippen molar-refractivity contribution in [2.75, 3.05) is 0 Å². The van der Waals surface area contributed by atoms with Gasteiger partial charge in [0.2, 0.25) is 0 Å². The molecule has 23 heavy (non-hydrogen) atoms. The summed E-state index contributed by atoms with van der Waals surface area (Å²) in [6.07, 6.45) is 5.47. The number of hydrogen-bond donors (Lipinski definition) is 2. The van der Waals surface area contributed by atoms with Crippen molar-refractivity contribution < 1.29 is 29.4 Å². The van der Waals surface area contributed by atoms with Gasteiger partial charge in [-0.25, -0.2) is 0 Å². The number of rotatable bonds is 14. The summed E-state index contributed by atoms with van der Waals surface area (Å²) < 4.78 is 0. The molecule has 0 saturated heterocycles. The smallest absolute Gasteiger partial charge is 0.336 e. The second-order valence-electron chi connectivity index (χ2n) is 5.83. The molecule has 0 bridgehead atoms. The standard InChI is InChI=1S/C17H28O6/c1-3-5-7-9-11-13(18)17(15(20)21,16(22)23)14(19)12-10-8-6-4-2/h3-12H2,1-2H3,(H,20,21)(H,22,23). The van der Waals surface area contributed by atoms with Gasteiger partial charge in [-0.3, -0.25) is 19.2 Å². The molecule has 0 heterocycles. The Hall–Kier alpha value is -1.72. The molecule has 6 heteroatoms. The molecule has 0 aliphatic heterocycles. The summed E-state index contributed by atoms with van der Waals surface area (Å²) in [6.45, 7) is 3.97. The predicted molar refractivity (Wildman–Crippen MR) is 85.2 cm³/mol. The number of aliphatic carboxylic acids is 2. The normalized spacial score (nSPS) is 11.2. The molecule has 0 saturated carbocycles. The minimum atomic E-state index is -2.93. The third-order valence-corrected chi connectivity index (χ3v) is 3.99. The van der Waals surface area contributed by atoms with Crippen molar-refractivity contribution in [1.29, 1.82) is 0 Å². The van der Waals surface area contributed by atoms with Crippen LogP contribution in [0.15, 0.2) is 0 Å². The molecule has 0 aromatic heterocycles. The van der Waals surface area contributed by atoms with Gasteiger partial charge in [0.1, 0.15) is 0 Å². The van der Waals surface area contributed by atoms with Crippen LogP contribution in [-0.2, 0) is 19.2 Å². The van der Waals surface area contributed by atoms with E-state index in [-0.39, 0.29) is 12.8 Å². The van der Waals surface area contributed by atoms with Crippen LogP contribution in [0, 0.1) is 5.41 Å². The fraction of sp³-hybridized carbons (Fsp3) is 0.765. The molecule has 0 amide bonds. The summed E-state index contributed by atoms with van der Waals surface area (Å²) in [6, 6.07) is 0. The van der Waals surface area contributed by atoms with Crippen LogP contribution in [0.5, 0.6) is 0 Å². The molecule has 0 aliphatic carbocycles. The molecule has 0 aromatic carbocycles. The highest BCUT2D eigenvalue weighted by Gasteiger charge is 2.58. The third-order valence-electron chi connectivity index (χ3n) is 3.99. The van der Waals surface area contributed by atoms with Gasteiger partial charge in [-0.15, -0.1) is 0 Å². The van der Waals surface area contributed by atoms with Crippen LogP contribution in [0.1, 0.15) is 78.1 Å². The van der Waals surface area contributed by atoms with Crippen LogP contribution >= 0.6 is 0 Å². The van der Waals surface area contributed by atoms with Crippen LogP contribution in [-0.4, -0.2) is 33.7 Å². The van der Waals surface area contributed by atoms with Crippen molar-refractivity contribution in [3.8, 4) is 0 Å². The number of carbonyl (C=O) groups is 4. The summed E-state index contributed by atoms with van der Waals surface area (Å²) in [5, 5.41) is 18.6. The van der Waals surface area contributed by atoms with Crippen LogP contribution in [0.25, 0.3) is 0 Å². The molecule has 0 atom stereocenters. The lowest BCUT2D eigenvalue weighted by atomic mass is 9.75. The Morgan fingerprint density at radius 3 is 1.26 bits per heavy atom. The van der Waals surface area contributed by atoms with Crippen molar-refractivity contribution in [2.45, 2.75) is 78.1 Å². The van der Waals surface area contributed by atoms with E-state index in [1.54, 1.807) is 0 Å². The van der Waals surface area contributed by atoms with Crippen LogP contribution in [0.2, 0.25) is 0 Å². The Labute approximate surface area is 137 Å². The molecule has 0 spiro atoms. The molecule has 132 valence electrons. The van der Waals surface area contributed by atoms with Gasteiger partial charge in [0.25, 0.3) is 5.41 Å². The fourth-order valence-electron chi connectivity index (χ4n) is 2.52. The van der Waals surface area contributed by atoms with Gasteiger partial charge in [-0.1, -0.05) is 52.4 Å². The molecule has 0 rings (SSSR count). The van der Waals surface area contributed by atoms with E-state index in [9.17, 15) is 29.4 Å². The maximum absolute atomic E-state index is 12.3. The van der Waals surface area contributed by atoms with Crippen LogP contribution in [0.4, 0.5) is 0 Å². The van der Waals surface area contributed by atoms with Gasteiger partial charge in [-0.2, -0.15) is 0 Å². The van der Waals surface area contributed by atoms with Gasteiger partial charge in [0.05, 0.1) is 0 Å². The topological polar surface area (TPSA) is 109 Å². The molecule has 0 unspecified atom stereocenters. The predicted octanol–water partition coefficient (Wildman–Crippen LogP) is 3.22. The third kappa shape index (κ3) is 5.77. The SMILES string of the molecule is CCCCCCC(=O)C(C(=O)O)(C(=O)O)C(=O)CCCCCC. The van der Waals surface area contributed by atoms with Gasteiger partial charge in [0, 0.05) is 12.8 Å². The first kappa shape index (κ1) is 21.3. The van der Waals surface area contributed by atoms with E-state index >= 15 is 0 Å². The lowest BCUT2D eigenvalue weighted by Gasteiger charge is -2.22. The molecule has 6 nitrogen and oxygen atoms in total. The highest BCUT2D eigenvalue weighted by Crippen LogP contribution is 2.27. The number of Topliss-reactive ketones (excluding diaryl/α,β-unsaturated/α-hetero) is 2. The Morgan fingerprint density at radius 2 is 1.00 bits per heavy atom. The van der Waals surface area contributed by atoms with E-state index in [1.165, 1.54) is 0 Å². The van der Waals surface area contributed by atoms with Gasteiger partial charge >= 0.3 is 11.9 Å². The molecular weight excluding hydrogens is 300 g/mol. The van der Waals surface area contributed by atoms with Gasteiger partial charge in [0.15, 0.2) is 11.6 Å². The molecule has 0 fully saturated rings. The zero-order valence-electron chi connectivity index (χ0n) is 14.1. The Balaban J connectivity index is 5.08. The molecule has 0 aliphatic rings. The summed E-state index contributed by atoms with van der Waals surface area (Å²) in [7, 11) is 0. The second kappa shape index (κ2) is 10.9. The largest absolute Gasteiger partial charge is 0.480 e. The summed E-state index contributed by atoms with van der Waals surface area (Å²) in [5.74, 6) is -5.75. The summed E-state index contributed by atoms with van der Waals surface area (Å²) >= 11 is 0. The van der Waals surface area contributed by atoms with E-state index < -0.39 is 28.9 Å². The summed E-state index contributed by atoms with van der Waals surface area (Å²) in [4.78, 5) is 47.5. The van der Waals surface area contributed by atoms with Gasteiger partial charge < -0.3 is 10.2 Å². The number of carboxylic acid groups (broad SMARTS) is 2. The number of carboxylic acids is 2. The van der Waals surface area contributed by atoms with E-state index in [0.29, 0.717) is 25.7 Å². The number of carbonyl (C=O) groups excluding carboxylic acids is 2. The highest BCUT2D eigenvalue weighted by molar-refractivity contribution is 6.35. The van der Waals surface area contributed by atoms with Crippen LogP contribution < -0.4 is 0 Å². The molecule has 0 radical (unpaired) electrons. The lowest BCUT2D eigenvalue weighted by molar-refractivity contribution is -0.171. The monoisotopic (exact) mass is 328 g/mol. The first-order chi connectivity index (χ1) is 10.8. The van der Waals surface area contributed by atoms with E-state index in [2.05, 4.69) is 0 Å². The minimum Gasteiger partial charge on any atom is -0.480 e. The number of ketones is 2. The maximum atomic E-state index is 12.3. The second-order valence-corrected chi connectivity index (χ2v) is 5.83. The van der Waals surface area contributed by atoms with Crippen LogP contribution in [0.3, 0.4) is 0 Å². The summed E-state index contributed by atoms with van der Waals surface area (Å²) in [5.41, 5.74) is -2.93. The van der Waals surface area contributed by atoms with Gasteiger partial charge in [-0.05, 0) is 12.8 Å². The zero-order valence-corrected chi connectivity index (χ0v) is 14.1. The molecule has 0 aromatic rings. The van der Waals surface area contributed by atoms with Crippen molar-refractivity contribution in [2.24, 2.45) is 5.41 Å². The van der Waals surface area contributed by atoms with Crippen molar-refractivity contribution in [1.82, 2.24) is 0 Å². The fourth-order valence-corrected chi connectivity index (χ4v) is 2.52. The van der Waals surface area contributed by atoms with Crippen molar-refractivity contribution in [3.05, 3.63) is 0 Å². The first-order valence-electron chi connectivity index (χ1n) is 8.39. The molecule has 2 N–H and O–H groups in total. The average Bonchev–Trinajstić information content (AvgIpc) is 2.48. The number of unbranched alkanes of at least 4 members (excludes halogenated alkanes) is 6. The van der Waals surface area contributed by atoms with Crippen molar-refractivity contribution in [3.63, 3.8) is 0 Å². The minimum absolute atomic E-state index is 0.195. The van der Waals surface area contributed by atoms with E-state index in [4.69, 9.17) is 0 Å². The zero-order chi connectivity index (χ0) is 17.9. The maximum Gasteiger partial charge on any atom is 0.336 e. The average molecular weight is 328 g/mol. The quantitative estimate of drug-likeness (QED) is 0.374. The van der Waals surface area contributed by atoms with Crippen molar-refractivity contribution >= 4 is 23.5 Å². The number of hydrogen-bond acceptors (Lipinski definition) is 4. The Morgan fingerprint density at radius 1 is 0.652 bits per heavy atom. The van der Waals surface area contributed by atoms with E-state index in [1.807, 2.05) is 13.8 Å². The molecular formula is C17H28O6. The van der Waals surface area contributed by atoms with E-state index in [0.717, 1.165) is 25.7 Å². The first-order valence-corrected chi connectivity index (χ1v) is 8.39.